The van der Waals surface area contributed by atoms with Crippen LogP contribution in [0.25, 0.3) is 11.2 Å². The van der Waals surface area contributed by atoms with Crippen molar-refractivity contribution in [1.29, 1.82) is 0 Å². The highest BCUT2D eigenvalue weighted by molar-refractivity contribution is 5.67. The molecule has 1 aromatic carbocycles. The minimum atomic E-state index is -0.389. The van der Waals surface area contributed by atoms with E-state index < -0.39 is 0 Å². The van der Waals surface area contributed by atoms with Crippen molar-refractivity contribution in [3.05, 3.63) is 52.6 Å². The highest BCUT2D eigenvalue weighted by Gasteiger charge is 2.11. The van der Waals surface area contributed by atoms with Gasteiger partial charge in [0, 0.05) is 0 Å². The van der Waals surface area contributed by atoms with Crippen LogP contribution in [0.3, 0.4) is 0 Å². The maximum absolute atomic E-state index is 12.2. The zero-order chi connectivity index (χ0) is 15.4. The van der Waals surface area contributed by atoms with Gasteiger partial charge in [0.05, 0.1) is 13.2 Å². The van der Waals surface area contributed by atoms with Gasteiger partial charge in [0.1, 0.15) is 6.33 Å². The van der Waals surface area contributed by atoms with Gasteiger partial charge in [-0.3, -0.25) is 4.79 Å². The lowest BCUT2D eigenvalue weighted by atomic mass is 10.2. The molecule has 0 atom stereocenters. The Hall–Kier alpha value is -3.03. The molecule has 8 heteroatoms. The van der Waals surface area contributed by atoms with E-state index in [1.165, 1.54) is 12.7 Å². The summed E-state index contributed by atoms with van der Waals surface area (Å²) in [7, 11) is 0. The molecule has 0 saturated heterocycles. The highest BCUT2D eigenvalue weighted by atomic mass is 16.5. The molecule has 0 unspecified atom stereocenters. The molecule has 2 heterocycles. The summed E-state index contributed by atoms with van der Waals surface area (Å²) in [6, 6.07) is 9.77. The quantitative estimate of drug-likeness (QED) is 0.515. The number of fused-ring (bicyclic) bond motifs is 1. The Kier molecular flexibility index (Phi) is 3.90. The van der Waals surface area contributed by atoms with Crippen molar-refractivity contribution in [2.24, 2.45) is 5.10 Å². The molecule has 8 nitrogen and oxygen atoms in total. The molecule has 0 fully saturated rings. The van der Waals surface area contributed by atoms with Crippen LogP contribution < -0.4 is 5.56 Å². The van der Waals surface area contributed by atoms with Crippen molar-refractivity contribution in [3.8, 4) is 0 Å². The fraction of sp³-hybridized carbons (Fsp3) is 0.214. The topological polar surface area (TPSA) is 87.2 Å². The standard InChI is InChI=1S/C14H14N6O2/c1-2-22-10-16-20-9-15-13-12(14(20)21)17-18-19(13)8-11-6-4-3-5-7-11/h3-7,9-10H,2,8H2,1H3/b16-10+. The van der Waals surface area contributed by atoms with E-state index in [0.717, 1.165) is 10.2 Å². The van der Waals surface area contributed by atoms with E-state index in [4.69, 9.17) is 4.74 Å². The third kappa shape index (κ3) is 2.71. The molecular weight excluding hydrogens is 284 g/mol. The molecule has 3 aromatic rings. The Morgan fingerprint density at radius 3 is 2.91 bits per heavy atom. The molecule has 0 radical (unpaired) electrons. The van der Waals surface area contributed by atoms with Crippen LogP contribution in [0.2, 0.25) is 0 Å². The normalized spacial score (nSPS) is 11.3. The minimum Gasteiger partial charge on any atom is -0.482 e. The van der Waals surface area contributed by atoms with E-state index in [2.05, 4.69) is 20.4 Å². The lowest BCUT2D eigenvalue weighted by molar-refractivity contribution is 0.340. The number of hydrogen-bond donors (Lipinski definition) is 0. The first kappa shape index (κ1) is 13.9. The first-order valence-corrected chi connectivity index (χ1v) is 6.79. The zero-order valence-corrected chi connectivity index (χ0v) is 12.0. The molecular formula is C14H14N6O2. The van der Waals surface area contributed by atoms with Crippen molar-refractivity contribution < 1.29 is 4.74 Å². The van der Waals surface area contributed by atoms with Crippen LogP contribution in [0.5, 0.6) is 0 Å². The molecule has 0 saturated carbocycles. The second kappa shape index (κ2) is 6.17. The molecule has 22 heavy (non-hydrogen) atoms. The van der Waals surface area contributed by atoms with Gasteiger partial charge < -0.3 is 4.74 Å². The Balaban J connectivity index is 1.95. The van der Waals surface area contributed by atoms with E-state index in [1.54, 1.807) is 4.68 Å². The lowest BCUT2D eigenvalue weighted by Crippen LogP contribution is -2.18. The van der Waals surface area contributed by atoms with Gasteiger partial charge in [0.15, 0.2) is 17.6 Å². The summed E-state index contributed by atoms with van der Waals surface area (Å²) < 4.78 is 7.62. The SMILES string of the molecule is CCO/C=N/n1cnc2c(nnn2Cc2ccccc2)c1=O. The van der Waals surface area contributed by atoms with Crippen molar-refractivity contribution in [1.82, 2.24) is 24.7 Å². The Labute approximate surface area is 125 Å². The smallest absolute Gasteiger partial charge is 0.304 e. The van der Waals surface area contributed by atoms with Gasteiger partial charge in [0.2, 0.25) is 0 Å². The predicted molar refractivity (Wildman–Crippen MR) is 80.6 cm³/mol. The number of ether oxygens (including phenoxy) is 1. The fourth-order valence-electron chi connectivity index (χ4n) is 1.95. The van der Waals surface area contributed by atoms with E-state index >= 15 is 0 Å². The van der Waals surface area contributed by atoms with Gasteiger partial charge >= 0.3 is 5.56 Å². The fourth-order valence-corrected chi connectivity index (χ4v) is 1.95. The van der Waals surface area contributed by atoms with Crippen molar-refractivity contribution >= 4 is 17.6 Å². The summed E-state index contributed by atoms with van der Waals surface area (Å²) in [5.41, 5.74) is 1.26. The molecule has 3 rings (SSSR count). The molecule has 112 valence electrons. The molecule has 0 aliphatic carbocycles. The van der Waals surface area contributed by atoms with Crippen LogP contribution in [0.1, 0.15) is 12.5 Å². The number of rotatable bonds is 5. The van der Waals surface area contributed by atoms with E-state index in [-0.39, 0.29) is 11.1 Å². The van der Waals surface area contributed by atoms with Crippen LogP contribution >= 0.6 is 0 Å². The second-order valence-electron chi connectivity index (χ2n) is 4.48. The van der Waals surface area contributed by atoms with Crippen molar-refractivity contribution in [2.75, 3.05) is 6.61 Å². The summed E-state index contributed by atoms with van der Waals surface area (Å²) in [5.74, 6) is 0. The number of benzene rings is 1. The van der Waals surface area contributed by atoms with Crippen LogP contribution in [-0.2, 0) is 11.3 Å². The van der Waals surface area contributed by atoms with Crippen LogP contribution in [0, 0.1) is 0 Å². The molecule has 0 aliphatic heterocycles. The van der Waals surface area contributed by atoms with Gasteiger partial charge in [-0.15, -0.1) is 10.2 Å². The third-order valence-corrected chi connectivity index (χ3v) is 3.00. The average Bonchev–Trinajstić information content (AvgIpc) is 2.95. The molecule has 0 N–H and O–H groups in total. The second-order valence-corrected chi connectivity index (χ2v) is 4.48. The highest BCUT2D eigenvalue weighted by Crippen LogP contribution is 2.06. The largest absolute Gasteiger partial charge is 0.482 e. The molecule has 0 aliphatic rings. The summed E-state index contributed by atoms with van der Waals surface area (Å²) >= 11 is 0. The molecule has 2 aromatic heterocycles. The van der Waals surface area contributed by atoms with Gasteiger partial charge in [-0.25, -0.2) is 9.67 Å². The average molecular weight is 298 g/mol. The Bertz CT molecular complexity index is 853. The zero-order valence-electron chi connectivity index (χ0n) is 12.0. The van der Waals surface area contributed by atoms with Crippen molar-refractivity contribution in [2.45, 2.75) is 13.5 Å². The van der Waals surface area contributed by atoms with E-state index in [1.807, 2.05) is 37.3 Å². The summed E-state index contributed by atoms with van der Waals surface area (Å²) in [5, 5.41) is 11.8. The van der Waals surface area contributed by atoms with Crippen LogP contribution in [0.15, 0.2) is 46.6 Å². The lowest BCUT2D eigenvalue weighted by Gasteiger charge is -2.02. The first-order valence-electron chi connectivity index (χ1n) is 6.79. The molecule has 0 bridgehead atoms. The monoisotopic (exact) mass is 298 g/mol. The van der Waals surface area contributed by atoms with Crippen LogP contribution in [0.4, 0.5) is 0 Å². The number of nitrogens with zero attached hydrogens (tertiary/aromatic N) is 6. The minimum absolute atomic E-state index is 0.173. The van der Waals surface area contributed by atoms with Crippen molar-refractivity contribution in [3.63, 3.8) is 0 Å². The molecule has 0 amide bonds. The summed E-state index contributed by atoms with van der Waals surface area (Å²) in [6.45, 7) is 2.79. The number of aromatic nitrogens is 5. The van der Waals surface area contributed by atoms with Gasteiger partial charge in [-0.05, 0) is 12.5 Å². The van der Waals surface area contributed by atoms with Gasteiger partial charge in [0.25, 0.3) is 0 Å². The first-order chi connectivity index (χ1) is 10.8. The van der Waals surface area contributed by atoms with Crippen LogP contribution in [-0.4, -0.2) is 37.7 Å². The maximum Gasteiger partial charge on any atom is 0.304 e. The van der Waals surface area contributed by atoms with E-state index in [9.17, 15) is 4.79 Å². The van der Waals surface area contributed by atoms with E-state index in [0.29, 0.717) is 18.8 Å². The van der Waals surface area contributed by atoms with Gasteiger partial charge in [-0.2, -0.15) is 4.68 Å². The number of hydrogen-bond acceptors (Lipinski definition) is 6. The third-order valence-electron chi connectivity index (χ3n) is 3.00. The predicted octanol–water partition coefficient (Wildman–Crippen LogP) is 0.864. The molecule has 0 spiro atoms. The summed E-state index contributed by atoms with van der Waals surface area (Å²) in [6.07, 6.45) is 2.52. The van der Waals surface area contributed by atoms with Gasteiger partial charge in [-0.1, -0.05) is 35.5 Å². The Morgan fingerprint density at radius 1 is 1.32 bits per heavy atom. The summed E-state index contributed by atoms with van der Waals surface area (Å²) in [4.78, 5) is 16.4. The Morgan fingerprint density at radius 2 is 2.14 bits per heavy atom. The maximum atomic E-state index is 12.2.